The summed E-state index contributed by atoms with van der Waals surface area (Å²) in [6.07, 6.45) is 0. The van der Waals surface area contributed by atoms with Crippen molar-refractivity contribution in [2.24, 2.45) is 5.41 Å². The average molecular weight is 358 g/mol. The van der Waals surface area contributed by atoms with Crippen LogP contribution in [-0.4, -0.2) is 31.3 Å². The molecule has 1 amide bonds. The second-order valence-corrected chi connectivity index (χ2v) is 6.23. The normalized spacial score (nSPS) is 14.4. The van der Waals surface area contributed by atoms with E-state index in [-0.39, 0.29) is 22.3 Å². The van der Waals surface area contributed by atoms with E-state index in [1.165, 1.54) is 18.1 Å². The SMILES string of the molecule is COC(=O)C(C)(C)CN1C(=O)C(=O)c2cc(F)cc(Br)c21. The second kappa shape index (κ2) is 5.22. The zero-order valence-electron chi connectivity index (χ0n) is 11.7. The monoisotopic (exact) mass is 357 g/mol. The van der Waals surface area contributed by atoms with E-state index in [9.17, 15) is 18.8 Å². The molecule has 1 aliphatic rings. The number of hydrogen-bond donors (Lipinski definition) is 0. The number of carbonyl (C=O) groups excluding carboxylic acids is 3. The number of esters is 1. The first-order chi connectivity index (χ1) is 9.69. The van der Waals surface area contributed by atoms with Gasteiger partial charge in [-0.2, -0.15) is 0 Å². The maximum absolute atomic E-state index is 13.4. The molecule has 2 rings (SSSR count). The van der Waals surface area contributed by atoms with E-state index in [0.29, 0.717) is 0 Å². The number of rotatable bonds is 3. The van der Waals surface area contributed by atoms with Crippen LogP contribution in [0.2, 0.25) is 0 Å². The Morgan fingerprint density at radius 1 is 1.38 bits per heavy atom. The highest BCUT2D eigenvalue weighted by Gasteiger charge is 2.42. The predicted molar refractivity (Wildman–Crippen MR) is 76.6 cm³/mol. The number of fused-ring (bicyclic) bond motifs is 1. The van der Waals surface area contributed by atoms with Crippen LogP contribution in [0.25, 0.3) is 0 Å². The lowest BCUT2D eigenvalue weighted by molar-refractivity contribution is -0.150. The molecule has 0 N–H and O–H groups in total. The van der Waals surface area contributed by atoms with Gasteiger partial charge in [0.25, 0.3) is 11.7 Å². The molecule has 1 heterocycles. The molecule has 5 nitrogen and oxygen atoms in total. The Morgan fingerprint density at radius 3 is 2.57 bits per heavy atom. The highest BCUT2D eigenvalue weighted by molar-refractivity contribution is 9.10. The van der Waals surface area contributed by atoms with Gasteiger partial charge in [0.1, 0.15) is 5.82 Å². The molecule has 0 bridgehead atoms. The Morgan fingerprint density at radius 2 is 2.00 bits per heavy atom. The Kier molecular flexibility index (Phi) is 3.88. The van der Waals surface area contributed by atoms with Crippen LogP contribution in [0.3, 0.4) is 0 Å². The molecule has 0 aromatic heterocycles. The number of amides is 1. The fraction of sp³-hybridized carbons (Fsp3) is 0.357. The number of halogens is 2. The molecule has 0 aliphatic carbocycles. The summed E-state index contributed by atoms with van der Waals surface area (Å²) in [5.41, 5.74) is -0.726. The maximum atomic E-state index is 13.4. The van der Waals surface area contributed by atoms with Gasteiger partial charge >= 0.3 is 5.97 Å². The van der Waals surface area contributed by atoms with Crippen molar-refractivity contribution in [3.8, 4) is 0 Å². The molecule has 21 heavy (non-hydrogen) atoms. The number of ketones is 1. The van der Waals surface area contributed by atoms with Crippen LogP contribution < -0.4 is 4.90 Å². The Hall–Kier alpha value is -1.76. The van der Waals surface area contributed by atoms with Gasteiger partial charge in [-0.05, 0) is 41.9 Å². The summed E-state index contributed by atoms with van der Waals surface area (Å²) in [4.78, 5) is 37.0. The van der Waals surface area contributed by atoms with Crippen molar-refractivity contribution in [1.29, 1.82) is 0 Å². The summed E-state index contributed by atoms with van der Waals surface area (Å²) in [6.45, 7) is 3.17. The minimum atomic E-state index is -1.000. The molecule has 7 heteroatoms. The molecule has 0 radical (unpaired) electrons. The molecule has 0 spiro atoms. The fourth-order valence-corrected chi connectivity index (χ4v) is 2.89. The van der Waals surface area contributed by atoms with Gasteiger partial charge in [0.2, 0.25) is 0 Å². The summed E-state index contributed by atoms with van der Waals surface area (Å²) in [7, 11) is 1.25. The Balaban J connectivity index is 2.47. The third kappa shape index (κ3) is 2.57. The number of ether oxygens (including phenoxy) is 1. The highest BCUT2D eigenvalue weighted by Crippen LogP contribution is 2.38. The van der Waals surface area contributed by atoms with Crippen LogP contribution >= 0.6 is 15.9 Å². The highest BCUT2D eigenvalue weighted by atomic mass is 79.9. The molecule has 112 valence electrons. The third-order valence-electron chi connectivity index (χ3n) is 3.27. The minimum absolute atomic E-state index is 0.00691. The number of Topliss-reactive ketones (excluding diaryl/α,β-unsaturated/α-hetero) is 1. The van der Waals surface area contributed by atoms with Crippen LogP contribution in [0.1, 0.15) is 24.2 Å². The van der Waals surface area contributed by atoms with Gasteiger partial charge in [0, 0.05) is 11.0 Å². The summed E-state index contributed by atoms with van der Waals surface area (Å²) in [6, 6.07) is 2.19. The van der Waals surface area contributed by atoms with Crippen molar-refractivity contribution < 1.29 is 23.5 Å². The molecular formula is C14H13BrFNO4. The summed E-state index contributed by atoms with van der Waals surface area (Å²) < 4.78 is 18.4. The Bertz CT molecular complexity index is 657. The van der Waals surface area contributed by atoms with Gasteiger partial charge < -0.3 is 9.64 Å². The first-order valence-corrected chi connectivity index (χ1v) is 6.92. The van der Waals surface area contributed by atoms with E-state index in [1.807, 2.05) is 0 Å². The fourth-order valence-electron chi connectivity index (χ4n) is 2.24. The van der Waals surface area contributed by atoms with Gasteiger partial charge in [0.05, 0.1) is 23.8 Å². The van der Waals surface area contributed by atoms with Crippen molar-refractivity contribution in [3.05, 3.63) is 28.0 Å². The molecular weight excluding hydrogens is 345 g/mol. The number of benzene rings is 1. The van der Waals surface area contributed by atoms with E-state index in [0.717, 1.165) is 6.07 Å². The lowest BCUT2D eigenvalue weighted by Crippen LogP contribution is -2.42. The van der Waals surface area contributed by atoms with E-state index in [2.05, 4.69) is 15.9 Å². The lowest BCUT2D eigenvalue weighted by atomic mass is 9.93. The summed E-state index contributed by atoms with van der Waals surface area (Å²) in [5.74, 6) is -2.69. The minimum Gasteiger partial charge on any atom is -0.469 e. The first-order valence-electron chi connectivity index (χ1n) is 6.12. The van der Waals surface area contributed by atoms with Gasteiger partial charge in [-0.25, -0.2) is 4.39 Å². The van der Waals surface area contributed by atoms with Gasteiger partial charge in [-0.15, -0.1) is 0 Å². The van der Waals surface area contributed by atoms with Crippen molar-refractivity contribution >= 4 is 39.3 Å². The van der Waals surface area contributed by atoms with Crippen molar-refractivity contribution in [2.45, 2.75) is 13.8 Å². The smallest absolute Gasteiger partial charge is 0.313 e. The van der Waals surface area contributed by atoms with E-state index in [4.69, 9.17) is 4.74 Å². The van der Waals surface area contributed by atoms with Gasteiger partial charge in [0.15, 0.2) is 0 Å². The Labute approximate surface area is 129 Å². The zero-order valence-corrected chi connectivity index (χ0v) is 13.3. The van der Waals surface area contributed by atoms with Gasteiger partial charge in [-0.1, -0.05) is 0 Å². The number of nitrogens with zero attached hydrogens (tertiary/aromatic N) is 1. The lowest BCUT2D eigenvalue weighted by Gasteiger charge is -2.28. The second-order valence-electron chi connectivity index (χ2n) is 5.38. The van der Waals surface area contributed by atoms with Crippen LogP contribution in [0, 0.1) is 11.2 Å². The number of anilines is 1. The van der Waals surface area contributed by atoms with E-state index in [1.54, 1.807) is 13.8 Å². The number of carbonyl (C=O) groups is 3. The largest absolute Gasteiger partial charge is 0.469 e. The quantitative estimate of drug-likeness (QED) is 0.615. The van der Waals surface area contributed by atoms with E-state index >= 15 is 0 Å². The zero-order chi connectivity index (χ0) is 15.9. The third-order valence-corrected chi connectivity index (χ3v) is 3.88. The first kappa shape index (κ1) is 15.6. The molecule has 1 aromatic rings. The summed E-state index contributed by atoms with van der Waals surface area (Å²) >= 11 is 3.15. The van der Waals surface area contributed by atoms with Crippen molar-refractivity contribution in [2.75, 3.05) is 18.6 Å². The molecule has 0 unspecified atom stereocenters. The van der Waals surface area contributed by atoms with Crippen LogP contribution in [-0.2, 0) is 14.3 Å². The molecule has 0 saturated carbocycles. The molecule has 0 saturated heterocycles. The number of methoxy groups -OCH3 is 1. The van der Waals surface area contributed by atoms with Crippen molar-refractivity contribution in [1.82, 2.24) is 0 Å². The predicted octanol–water partition coefficient (Wildman–Crippen LogP) is 2.32. The standard InChI is InChI=1S/C14H13BrFNO4/c1-14(2,13(20)21-3)6-17-10-8(11(18)12(17)19)4-7(16)5-9(10)15/h4-5H,6H2,1-3H3. The molecule has 1 aromatic carbocycles. The van der Waals surface area contributed by atoms with Gasteiger partial charge in [-0.3, -0.25) is 14.4 Å². The molecule has 0 atom stereocenters. The maximum Gasteiger partial charge on any atom is 0.313 e. The van der Waals surface area contributed by atoms with E-state index < -0.39 is 28.9 Å². The average Bonchev–Trinajstić information content (AvgIpc) is 2.63. The molecule has 1 aliphatic heterocycles. The van der Waals surface area contributed by atoms with Crippen LogP contribution in [0.5, 0.6) is 0 Å². The summed E-state index contributed by atoms with van der Waals surface area (Å²) in [5, 5.41) is 0. The number of hydrogen-bond acceptors (Lipinski definition) is 4. The van der Waals surface area contributed by atoms with Crippen molar-refractivity contribution in [3.63, 3.8) is 0 Å². The van der Waals surface area contributed by atoms with Crippen LogP contribution in [0.4, 0.5) is 10.1 Å². The van der Waals surface area contributed by atoms with Crippen LogP contribution in [0.15, 0.2) is 16.6 Å². The topological polar surface area (TPSA) is 63.7 Å². The molecule has 0 fully saturated rings.